The molecule has 1 saturated heterocycles. The number of benzene rings is 1. The predicted octanol–water partition coefficient (Wildman–Crippen LogP) is 2.26. The Bertz CT molecular complexity index is 701. The summed E-state index contributed by atoms with van der Waals surface area (Å²) < 4.78 is 7.23. The molecule has 2 heterocycles. The molecule has 138 valence electrons. The van der Waals surface area contributed by atoms with Crippen molar-refractivity contribution in [1.82, 2.24) is 14.8 Å². The average Bonchev–Trinajstić information content (AvgIpc) is 3.04. The lowest BCUT2D eigenvalue weighted by atomic mass is 9.90. The number of nitrogens with one attached hydrogen (secondary N) is 1. The maximum Gasteiger partial charge on any atom is 0.244 e. The fourth-order valence-corrected chi connectivity index (χ4v) is 2.66. The highest BCUT2D eigenvalue weighted by Gasteiger charge is 2.35. The normalized spacial score (nSPS) is 15.6. The van der Waals surface area contributed by atoms with Crippen molar-refractivity contribution in [2.75, 3.05) is 18.5 Å². The van der Waals surface area contributed by atoms with Crippen LogP contribution in [0.2, 0.25) is 0 Å². The standard InChI is InChI=1S/C16H21N5O2.2ClH/c1-2-21-11-18-20-14(21)12-4-3-5-13(10-12)19-15(22)16(17)6-8-23-9-7-16;;/h3-5,10-11H,2,6-9,17H2,1H3,(H,19,22);2*1H. The van der Waals surface area contributed by atoms with Gasteiger partial charge < -0.3 is 20.4 Å². The number of aromatic nitrogens is 3. The minimum Gasteiger partial charge on any atom is -0.381 e. The molecule has 0 spiro atoms. The Morgan fingerprint density at radius 1 is 1.36 bits per heavy atom. The molecule has 0 aliphatic carbocycles. The number of hydrogen-bond donors (Lipinski definition) is 2. The van der Waals surface area contributed by atoms with Crippen molar-refractivity contribution in [1.29, 1.82) is 0 Å². The second-order valence-electron chi connectivity index (χ2n) is 5.74. The van der Waals surface area contributed by atoms with Gasteiger partial charge in [-0.25, -0.2) is 0 Å². The third-order valence-electron chi connectivity index (χ3n) is 4.17. The van der Waals surface area contributed by atoms with Gasteiger partial charge in [-0.1, -0.05) is 12.1 Å². The third-order valence-corrected chi connectivity index (χ3v) is 4.17. The molecule has 2 aromatic rings. The lowest BCUT2D eigenvalue weighted by Crippen LogP contribution is -2.54. The van der Waals surface area contributed by atoms with Crippen LogP contribution < -0.4 is 11.1 Å². The molecule has 7 nitrogen and oxygen atoms in total. The van der Waals surface area contributed by atoms with Crippen LogP contribution in [0.25, 0.3) is 11.4 Å². The van der Waals surface area contributed by atoms with Crippen LogP contribution in [-0.2, 0) is 16.1 Å². The number of halogens is 2. The minimum atomic E-state index is -0.863. The molecule has 1 aliphatic heterocycles. The minimum absolute atomic E-state index is 0. The SMILES string of the molecule is CCn1cnnc1-c1cccc(NC(=O)C2(N)CCOCC2)c1.Cl.Cl. The van der Waals surface area contributed by atoms with Crippen LogP contribution in [0.4, 0.5) is 5.69 Å². The summed E-state index contributed by atoms with van der Waals surface area (Å²) in [5.74, 6) is 0.604. The van der Waals surface area contributed by atoms with Crippen LogP contribution in [0.3, 0.4) is 0 Å². The fraction of sp³-hybridized carbons (Fsp3) is 0.438. The van der Waals surface area contributed by atoms with E-state index in [4.69, 9.17) is 10.5 Å². The number of nitrogens with two attached hydrogens (primary N) is 1. The van der Waals surface area contributed by atoms with E-state index < -0.39 is 5.54 Å². The van der Waals surface area contributed by atoms with Crippen molar-refractivity contribution >= 4 is 36.4 Å². The molecule has 1 aromatic heterocycles. The smallest absolute Gasteiger partial charge is 0.244 e. The molecular formula is C16H23Cl2N5O2. The summed E-state index contributed by atoms with van der Waals surface area (Å²) in [4.78, 5) is 12.5. The van der Waals surface area contributed by atoms with E-state index in [0.29, 0.717) is 31.7 Å². The molecule has 1 amide bonds. The lowest BCUT2D eigenvalue weighted by Gasteiger charge is -2.31. The van der Waals surface area contributed by atoms with Crippen LogP contribution in [0, 0.1) is 0 Å². The molecule has 25 heavy (non-hydrogen) atoms. The van der Waals surface area contributed by atoms with Crippen molar-refractivity contribution in [3.05, 3.63) is 30.6 Å². The number of hydrogen-bond acceptors (Lipinski definition) is 5. The van der Waals surface area contributed by atoms with E-state index >= 15 is 0 Å². The zero-order valence-electron chi connectivity index (χ0n) is 14.0. The Labute approximate surface area is 159 Å². The number of aryl methyl sites for hydroxylation is 1. The van der Waals surface area contributed by atoms with Crippen LogP contribution in [0.15, 0.2) is 30.6 Å². The Balaban J connectivity index is 0.00000156. The van der Waals surface area contributed by atoms with E-state index in [2.05, 4.69) is 15.5 Å². The maximum atomic E-state index is 12.5. The third kappa shape index (κ3) is 4.70. The zero-order valence-corrected chi connectivity index (χ0v) is 15.6. The topological polar surface area (TPSA) is 95.1 Å². The first-order chi connectivity index (χ1) is 11.1. The molecule has 0 bridgehead atoms. The first kappa shape index (κ1) is 21.4. The number of ether oxygens (including phenoxy) is 1. The molecule has 0 saturated carbocycles. The Hall–Kier alpha value is -1.67. The Kier molecular flexibility index (Phi) is 7.82. The van der Waals surface area contributed by atoms with Gasteiger partial charge >= 0.3 is 0 Å². The van der Waals surface area contributed by atoms with Gasteiger partial charge in [0, 0.05) is 31.0 Å². The molecule has 1 aromatic carbocycles. The number of anilines is 1. The van der Waals surface area contributed by atoms with E-state index in [0.717, 1.165) is 17.9 Å². The Morgan fingerprint density at radius 3 is 2.76 bits per heavy atom. The summed E-state index contributed by atoms with van der Waals surface area (Å²) in [6, 6.07) is 7.55. The van der Waals surface area contributed by atoms with Crippen LogP contribution >= 0.6 is 24.8 Å². The van der Waals surface area contributed by atoms with Gasteiger partial charge in [-0.15, -0.1) is 35.0 Å². The lowest BCUT2D eigenvalue weighted by molar-refractivity contribution is -0.124. The van der Waals surface area contributed by atoms with Gasteiger partial charge in [-0.3, -0.25) is 4.79 Å². The van der Waals surface area contributed by atoms with Crippen molar-refractivity contribution < 1.29 is 9.53 Å². The molecule has 0 radical (unpaired) electrons. The summed E-state index contributed by atoms with van der Waals surface area (Å²) in [6.45, 7) is 3.85. The second-order valence-corrected chi connectivity index (χ2v) is 5.74. The van der Waals surface area contributed by atoms with Gasteiger partial charge in [-0.05, 0) is 31.9 Å². The van der Waals surface area contributed by atoms with Crippen molar-refractivity contribution in [2.45, 2.75) is 31.8 Å². The summed E-state index contributed by atoms with van der Waals surface area (Å²) in [5.41, 5.74) is 6.95. The van der Waals surface area contributed by atoms with Gasteiger partial charge in [0.1, 0.15) is 11.9 Å². The van der Waals surface area contributed by atoms with Gasteiger partial charge in [0.25, 0.3) is 0 Å². The number of carbonyl (C=O) groups excluding carboxylic acids is 1. The van der Waals surface area contributed by atoms with E-state index in [1.807, 2.05) is 35.8 Å². The quantitative estimate of drug-likeness (QED) is 0.838. The number of amides is 1. The fourth-order valence-electron chi connectivity index (χ4n) is 2.66. The molecule has 9 heteroatoms. The molecule has 3 rings (SSSR count). The summed E-state index contributed by atoms with van der Waals surface area (Å²) >= 11 is 0. The zero-order chi connectivity index (χ0) is 16.3. The van der Waals surface area contributed by atoms with Crippen LogP contribution in [0.5, 0.6) is 0 Å². The van der Waals surface area contributed by atoms with E-state index in [-0.39, 0.29) is 30.7 Å². The molecule has 3 N–H and O–H groups in total. The van der Waals surface area contributed by atoms with Crippen LogP contribution in [0.1, 0.15) is 19.8 Å². The van der Waals surface area contributed by atoms with Gasteiger partial charge in [0.15, 0.2) is 5.82 Å². The highest BCUT2D eigenvalue weighted by Crippen LogP contribution is 2.23. The molecule has 0 unspecified atom stereocenters. The van der Waals surface area contributed by atoms with Crippen molar-refractivity contribution in [3.63, 3.8) is 0 Å². The van der Waals surface area contributed by atoms with Crippen LogP contribution in [-0.4, -0.2) is 39.4 Å². The maximum absolute atomic E-state index is 12.5. The second kappa shape index (κ2) is 9.15. The summed E-state index contributed by atoms with van der Waals surface area (Å²) in [7, 11) is 0. The van der Waals surface area contributed by atoms with Crippen molar-refractivity contribution in [2.24, 2.45) is 5.73 Å². The molecule has 1 fully saturated rings. The largest absolute Gasteiger partial charge is 0.381 e. The van der Waals surface area contributed by atoms with E-state index in [1.165, 1.54) is 0 Å². The van der Waals surface area contributed by atoms with Crippen molar-refractivity contribution in [3.8, 4) is 11.4 Å². The summed E-state index contributed by atoms with van der Waals surface area (Å²) in [5, 5.41) is 11.0. The van der Waals surface area contributed by atoms with Gasteiger partial charge in [-0.2, -0.15) is 0 Å². The van der Waals surface area contributed by atoms with Gasteiger partial charge in [0.2, 0.25) is 5.91 Å². The summed E-state index contributed by atoms with van der Waals surface area (Å²) in [6.07, 6.45) is 2.75. The van der Waals surface area contributed by atoms with E-state index in [9.17, 15) is 4.79 Å². The Morgan fingerprint density at radius 2 is 2.08 bits per heavy atom. The van der Waals surface area contributed by atoms with Gasteiger partial charge in [0.05, 0.1) is 0 Å². The first-order valence-corrected chi connectivity index (χ1v) is 7.79. The molecule has 0 atom stereocenters. The first-order valence-electron chi connectivity index (χ1n) is 7.79. The molecular weight excluding hydrogens is 365 g/mol. The molecule has 1 aliphatic rings. The number of rotatable bonds is 4. The highest BCUT2D eigenvalue weighted by molar-refractivity contribution is 5.98. The van der Waals surface area contributed by atoms with E-state index in [1.54, 1.807) is 6.33 Å². The average molecular weight is 388 g/mol. The highest BCUT2D eigenvalue weighted by atomic mass is 35.5. The monoisotopic (exact) mass is 387 g/mol. The number of carbonyl (C=O) groups is 1. The predicted molar refractivity (Wildman–Crippen MR) is 101 cm³/mol. The number of nitrogens with zero attached hydrogens (tertiary/aromatic N) is 3.